The van der Waals surface area contributed by atoms with E-state index in [9.17, 15) is 22.8 Å². The molecule has 9 heteroatoms. The summed E-state index contributed by atoms with van der Waals surface area (Å²) in [4.78, 5) is 26.3. The zero-order valence-electron chi connectivity index (χ0n) is 14.7. The van der Waals surface area contributed by atoms with Gasteiger partial charge in [-0.15, -0.1) is 0 Å². The highest BCUT2D eigenvalue weighted by Crippen LogP contribution is 2.30. The third-order valence-corrected chi connectivity index (χ3v) is 5.19. The topological polar surface area (TPSA) is 67.2 Å². The van der Waals surface area contributed by atoms with Crippen molar-refractivity contribution in [1.29, 1.82) is 0 Å². The largest absolute Gasteiger partial charge is 0.435 e. The van der Waals surface area contributed by atoms with Crippen LogP contribution in [-0.2, 0) is 22.3 Å². The van der Waals surface area contributed by atoms with Gasteiger partial charge in [-0.1, -0.05) is 12.8 Å². The van der Waals surface area contributed by atoms with Crippen molar-refractivity contribution in [2.45, 2.75) is 57.8 Å². The Morgan fingerprint density at radius 1 is 1.35 bits per heavy atom. The summed E-state index contributed by atoms with van der Waals surface area (Å²) in [6.45, 7) is 2.31. The fraction of sp³-hybridized carbons (Fsp3) is 0.706. The van der Waals surface area contributed by atoms with Crippen molar-refractivity contribution in [3.8, 4) is 0 Å². The number of alkyl halides is 3. The number of aryl methyl sites for hydroxylation is 1. The number of likely N-dealkylation sites (tertiary alicyclic amines) is 1. The maximum atomic E-state index is 12.7. The molecule has 3 rings (SSSR count). The number of nitrogens with one attached hydrogen (secondary N) is 1. The van der Waals surface area contributed by atoms with E-state index in [0.29, 0.717) is 12.2 Å². The molecule has 0 radical (unpaired) electrons. The number of hydrogen-bond acceptors (Lipinski definition) is 3. The van der Waals surface area contributed by atoms with Crippen molar-refractivity contribution >= 4 is 11.8 Å². The molecule has 1 aliphatic carbocycles. The molecule has 0 aromatic carbocycles. The van der Waals surface area contributed by atoms with Crippen molar-refractivity contribution in [3.05, 3.63) is 17.5 Å². The molecule has 0 unspecified atom stereocenters. The second-order valence-electron chi connectivity index (χ2n) is 7.07. The van der Waals surface area contributed by atoms with Crippen molar-refractivity contribution < 1.29 is 22.8 Å². The molecule has 6 nitrogen and oxygen atoms in total. The zero-order chi connectivity index (χ0) is 18.9. The quantitative estimate of drug-likeness (QED) is 0.861. The lowest BCUT2D eigenvalue weighted by molar-refractivity contribution is -0.141. The van der Waals surface area contributed by atoms with Crippen molar-refractivity contribution in [2.24, 2.45) is 5.92 Å². The van der Waals surface area contributed by atoms with Crippen molar-refractivity contribution in [2.75, 3.05) is 13.1 Å². The summed E-state index contributed by atoms with van der Waals surface area (Å²) in [5.74, 6) is -0.581. The number of nitrogens with zero attached hydrogens (tertiary/aromatic N) is 3. The summed E-state index contributed by atoms with van der Waals surface area (Å²) in [7, 11) is 0. The average Bonchev–Trinajstić information content (AvgIpc) is 3.27. The minimum Gasteiger partial charge on any atom is -0.354 e. The predicted octanol–water partition coefficient (Wildman–Crippen LogP) is 2.12. The van der Waals surface area contributed by atoms with Gasteiger partial charge in [0.1, 0.15) is 0 Å². The van der Waals surface area contributed by atoms with Gasteiger partial charge in [-0.05, 0) is 25.8 Å². The minimum absolute atomic E-state index is 0.0230. The van der Waals surface area contributed by atoms with Gasteiger partial charge in [-0.2, -0.15) is 18.3 Å². The van der Waals surface area contributed by atoms with Crippen LogP contribution in [0.4, 0.5) is 13.2 Å². The smallest absolute Gasteiger partial charge is 0.354 e. The molecule has 1 N–H and O–H groups in total. The molecule has 26 heavy (non-hydrogen) atoms. The molecular weight excluding hydrogens is 349 g/mol. The number of carbonyl (C=O) groups excluding carboxylic acids is 2. The Hall–Kier alpha value is -2.06. The number of amides is 2. The van der Waals surface area contributed by atoms with Gasteiger partial charge < -0.3 is 10.2 Å². The molecule has 1 saturated carbocycles. The molecule has 1 aromatic heterocycles. The van der Waals surface area contributed by atoms with Gasteiger partial charge in [0.15, 0.2) is 5.69 Å². The van der Waals surface area contributed by atoms with Crippen LogP contribution < -0.4 is 5.32 Å². The summed E-state index contributed by atoms with van der Waals surface area (Å²) in [6.07, 6.45) is -0.0300. The second-order valence-corrected chi connectivity index (χ2v) is 7.07. The third kappa shape index (κ3) is 4.02. The van der Waals surface area contributed by atoms with Crippen LogP contribution in [0.1, 0.15) is 43.5 Å². The van der Waals surface area contributed by atoms with E-state index in [2.05, 4.69) is 10.4 Å². The first-order chi connectivity index (χ1) is 12.3. The second kappa shape index (κ2) is 7.28. The van der Waals surface area contributed by atoms with Gasteiger partial charge in [0, 0.05) is 31.2 Å². The normalized spacial score (nSPS) is 21.6. The van der Waals surface area contributed by atoms with Crippen LogP contribution >= 0.6 is 0 Å². The Kier molecular flexibility index (Phi) is 5.24. The van der Waals surface area contributed by atoms with Crippen molar-refractivity contribution in [3.63, 3.8) is 0 Å². The fourth-order valence-electron chi connectivity index (χ4n) is 3.78. The molecule has 1 saturated heterocycles. The Bertz CT molecular complexity index is 680. The van der Waals surface area contributed by atoms with Crippen molar-refractivity contribution in [1.82, 2.24) is 20.0 Å². The van der Waals surface area contributed by atoms with Crippen LogP contribution in [0.25, 0.3) is 0 Å². The third-order valence-electron chi connectivity index (χ3n) is 5.19. The van der Waals surface area contributed by atoms with E-state index in [-0.39, 0.29) is 43.3 Å². The van der Waals surface area contributed by atoms with Gasteiger partial charge in [0.05, 0.1) is 12.5 Å². The maximum absolute atomic E-state index is 12.7. The molecule has 1 atom stereocenters. The number of hydrogen-bond donors (Lipinski definition) is 1. The molecule has 1 aliphatic heterocycles. The number of halogens is 3. The molecule has 0 spiro atoms. The highest BCUT2D eigenvalue weighted by Gasteiger charge is 2.38. The molecule has 1 aromatic rings. The van der Waals surface area contributed by atoms with Crippen LogP contribution in [0.2, 0.25) is 0 Å². The maximum Gasteiger partial charge on any atom is 0.435 e. The number of rotatable bonds is 5. The summed E-state index contributed by atoms with van der Waals surface area (Å²) < 4.78 is 39.2. The first-order valence-electron chi connectivity index (χ1n) is 8.94. The monoisotopic (exact) mass is 372 g/mol. The predicted molar refractivity (Wildman–Crippen MR) is 87.1 cm³/mol. The lowest BCUT2D eigenvalue weighted by atomic mass is 10.1. The summed E-state index contributed by atoms with van der Waals surface area (Å²) in [5.41, 5.74) is -0.551. The Balaban J connectivity index is 1.49. The molecular formula is C17H23F3N4O2. The Morgan fingerprint density at radius 2 is 2.04 bits per heavy atom. The van der Waals surface area contributed by atoms with E-state index in [1.807, 2.05) is 4.90 Å². The van der Waals surface area contributed by atoms with Gasteiger partial charge in [-0.3, -0.25) is 14.3 Å². The van der Waals surface area contributed by atoms with Crippen LogP contribution in [0.5, 0.6) is 0 Å². The molecule has 144 valence electrons. The lowest BCUT2D eigenvalue weighted by Crippen LogP contribution is -2.37. The number of aromatic nitrogens is 2. The fourth-order valence-corrected chi connectivity index (χ4v) is 3.78. The Morgan fingerprint density at radius 3 is 2.65 bits per heavy atom. The molecule has 2 heterocycles. The van der Waals surface area contributed by atoms with Crippen LogP contribution in [-0.4, -0.2) is 45.6 Å². The van der Waals surface area contributed by atoms with E-state index in [1.165, 1.54) is 4.68 Å². The first kappa shape index (κ1) is 18.7. The molecule has 2 amide bonds. The van der Waals surface area contributed by atoms with E-state index in [4.69, 9.17) is 0 Å². The SMILES string of the molecule is Cc1cc(C(F)(F)F)nn1CCNC(=O)[C@H]1CC(=O)N(C2CCCC2)C1. The van der Waals surface area contributed by atoms with Gasteiger partial charge in [0.2, 0.25) is 11.8 Å². The standard InChI is InChI=1S/C17H23F3N4O2/c1-11-8-14(17(18,19)20)22-24(11)7-6-21-16(26)12-9-15(25)23(10-12)13-4-2-3-5-13/h8,12-13H,2-7,9-10H2,1H3,(H,21,26)/t12-/m0/s1. The Labute approximate surface area is 149 Å². The van der Waals surface area contributed by atoms with E-state index < -0.39 is 11.9 Å². The van der Waals surface area contributed by atoms with Gasteiger partial charge in [0.25, 0.3) is 0 Å². The van der Waals surface area contributed by atoms with E-state index >= 15 is 0 Å². The zero-order valence-corrected chi connectivity index (χ0v) is 14.7. The van der Waals surface area contributed by atoms with E-state index in [0.717, 1.165) is 31.7 Å². The van der Waals surface area contributed by atoms with Crippen LogP contribution in [0, 0.1) is 12.8 Å². The highest BCUT2D eigenvalue weighted by atomic mass is 19.4. The van der Waals surface area contributed by atoms with E-state index in [1.54, 1.807) is 6.92 Å². The average molecular weight is 372 g/mol. The number of carbonyl (C=O) groups is 2. The first-order valence-corrected chi connectivity index (χ1v) is 8.94. The van der Waals surface area contributed by atoms with Gasteiger partial charge >= 0.3 is 6.18 Å². The van der Waals surface area contributed by atoms with Crippen LogP contribution in [0.3, 0.4) is 0 Å². The van der Waals surface area contributed by atoms with Crippen LogP contribution in [0.15, 0.2) is 6.07 Å². The van der Waals surface area contributed by atoms with Gasteiger partial charge in [-0.25, -0.2) is 0 Å². The minimum atomic E-state index is -4.48. The molecule has 2 fully saturated rings. The summed E-state index contributed by atoms with van der Waals surface area (Å²) >= 11 is 0. The molecule has 0 bridgehead atoms. The molecule has 2 aliphatic rings. The lowest BCUT2D eigenvalue weighted by Gasteiger charge is -2.23. The summed E-state index contributed by atoms with van der Waals surface area (Å²) in [6, 6.07) is 1.24. The highest BCUT2D eigenvalue weighted by molar-refractivity contribution is 5.89. The summed E-state index contributed by atoms with van der Waals surface area (Å²) in [5, 5.41) is 6.25.